The van der Waals surface area contributed by atoms with Crippen LogP contribution in [-0.2, 0) is 4.79 Å². The highest BCUT2D eigenvalue weighted by Crippen LogP contribution is 2.32. The SMILES string of the molecule is CC(NC(=O)c1ccccc1)C(=O)N1CCCC1c1nc(-c2cccc(Cl)c2)no1. The lowest BCUT2D eigenvalue weighted by Crippen LogP contribution is -2.46. The van der Waals surface area contributed by atoms with Gasteiger partial charge in [-0.25, -0.2) is 0 Å². The number of hydrogen-bond acceptors (Lipinski definition) is 5. The van der Waals surface area contributed by atoms with E-state index in [0.29, 0.717) is 28.8 Å². The molecule has 30 heavy (non-hydrogen) atoms. The second kappa shape index (κ2) is 8.67. The molecule has 0 aliphatic carbocycles. The molecule has 0 radical (unpaired) electrons. The van der Waals surface area contributed by atoms with Crippen molar-refractivity contribution in [2.45, 2.75) is 31.8 Å². The molecule has 1 fully saturated rings. The summed E-state index contributed by atoms with van der Waals surface area (Å²) in [6.45, 7) is 2.26. The van der Waals surface area contributed by atoms with Gasteiger partial charge in [-0.15, -0.1) is 0 Å². The molecule has 1 aliphatic heterocycles. The Bertz CT molecular complexity index is 1050. The molecule has 0 spiro atoms. The van der Waals surface area contributed by atoms with Crippen molar-refractivity contribution in [3.63, 3.8) is 0 Å². The number of hydrogen-bond donors (Lipinski definition) is 1. The van der Waals surface area contributed by atoms with Gasteiger partial charge < -0.3 is 14.7 Å². The lowest BCUT2D eigenvalue weighted by molar-refractivity contribution is -0.134. The van der Waals surface area contributed by atoms with Crippen LogP contribution in [0.1, 0.15) is 42.1 Å². The molecule has 0 bridgehead atoms. The predicted octanol–water partition coefficient (Wildman–Crippen LogP) is 3.87. The quantitative estimate of drug-likeness (QED) is 0.671. The van der Waals surface area contributed by atoms with Gasteiger partial charge in [-0.2, -0.15) is 4.98 Å². The lowest BCUT2D eigenvalue weighted by Gasteiger charge is -2.25. The van der Waals surface area contributed by atoms with Crippen LogP contribution in [0.4, 0.5) is 0 Å². The second-order valence-electron chi connectivity index (χ2n) is 7.22. The van der Waals surface area contributed by atoms with Gasteiger partial charge in [0.25, 0.3) is 5.91 Å². The Morgan fingerprint density at radius 3 is 2.77 bits per heavy atom. The van der Waals surface area contributed by atoms with Gasteiger partial charge in [0.15, 0.2) is 0 Å². The second-order valence-corrected chi connectivity index (χ2v) is 7.65. The number of rotatable bonds is 5. The summed E-state index contributed by atoms with van der Waals surface area (Å²) in [4.78, 5) is 31.6. The molecule has 1 aliphatic rings. The summed E-state index contributed by atoms with van der Waals surface area (Å²) in [7, 11) is 0. The molecule has 2 heterocycles. The summed E-state index contributed by atoms with van der Waals surface area (Å²) < 4.78 is 5.47. The van der Waals surface area contributed by atoms with Crippen molar-refractivity contribution < 1.29 is 14.1 Å². The molecule has 2 unspecified atom stereocenters. The minimum Gasteiger partial charge on any atom is -0.341 e. The van der Waals surface area contributed by atoms with E-state index in [1.54, 1.807) is 48.2 Å². The van der Waals surface area contributed by atoms with E-state index in [9.17, 15) is 9.59 Å². The molecule has 1 N–H and O–H groups in total. The Kier molecular flexibility index (Phi) is 5.81. The number of aromatic nitrogens is 2. The van der Waals surface area contributed by atoms with Gasteiger partial charge in [0.05, 0.1) is 0 Å². The third kappa shape index (κ3) is 4.21. The molecular formula is C22H21ClN4O3. The van der Waals surface area contributed by atoms with Crippen LogP contribution in [0.3, 0.4) is 0 Å². The smallest absolute Gasteiger partial charge is 0.251 e. The first-order valence-electron chi connectivity index (χ1n) is 9.79. The summed E-state index contributed by atoms with van der Waals surface area (Å²) in [5, 5.41) is 7.40. The highest BCUT2D eigenvalue weighted by Gasteiger charge is 2.36. The molecule has 2 aromatic carbocycles. The van der Waals surface area contributed by atoms with E-state index >= 15 is 0 Å². The Morgan fingerprint density at radius 1 is 1.20 bits per heavy atom. The normalized spacial score (nSPS) is 17.0. The van der Waals surface area contributed by atoms with Crippen molar-refractivity contribution in [2.24, 2.45) is 0 Å². The van der Waals surface area contributed by atoms with E-state index < -0.39 is 6.04 Å². The molecule has 0 saturated carbocycles. The third-order valence-corrected chi connectivity index (χ3v) is 5.33. The number of amides is 2. The molecule has 1 saturated heterocycles. The molecule has 2 amide bonds. The molecular weight excluding hydrogens is 404 g/mol. The number of likely N-dealkylation sites (tertiary alicyclic amines) is 1. The number of carbonyl (C=O) groups excluding carboxylic acids is 2. The summed E-state index contributed by atoms with van der Waals surface area (Å²) in [6, 6.07) is 15.0. The van der Waals surface area contributed by atoms with Crippen LogP contribution in [0.25, 0.3) is 11.4 Å². The highest BCUT2D eigenvalue weighted by molar-refractivity contribution is 6.30. The van der Waals surface area contributed by atoms with Crippen molar-refractivity contribution >= 4 is 23.4 Å². The number of nitrogens with one attached hydrogen (secondary N) is 1. The predicted molar refractivity (Wildman–Crippen MR) is 112 cm³/mol. The summed E-state index contributed by atoms with van der Waals surface area (Å²) in [5.41, 5.74) is 1.26. The zero-order valence-corrected chi connectivity index (χ0v) is 17.2. The van der Waals surface area contributed by atoms with Gasteiger partial charge in [-0.05, 0) is 44.0 Å². The first-order valence-corrected chi connectivity index (χ1v) is 10.2. The molecule has 7 nitrogen and oxygen atoms in total. The fourth-order valence-corrected chi connectivity index (χ4v) is 3.77. The molecule has 4 rings (SSSR count). The summed E-state index contributed by atoms with van der Waals surface area (Å²) in [6.07, 6.45) is 1.55. The molecule has 3 aromatic rings. The summed E-state index contributed by atoms with van der Waals surface area (Å²) >= 11 is 6.04. The van der Waals surface area contributed by atoms with E-state index in [2.05, 4.69) is 15.5 Å². The van der Waals surface area contributed by atoms with E-state index in [1.165, 1.54) is 0 Å². The van der Waals surface area contributed by atoms with Gasteiger partial charge >= 0.3 is 0 Å². The highest BCUT2D eigenvalue weighted by atomic mass is 35.5. The maximum absolute atomic E-state index is 13.0. The Hall–Kier alpha value is -3.19. The zero-order chi connectivity index (χ0) is 21.1. The molecule has 154 valence electrons. The van der Waals surface area contributed by atoms with Crippen LogP contribution in [0.5, 0.6) is 0 Å². The largest absolute Gasteiger partial charge is 0.341 e. The number of nitrogens with zero attached hydrogens (tertiary/aromatic N) is 3. The maximum atomic E-state index is 13.0. The average molecular weight is 425 g/mol. The standard InChI is InChI=1S/C22H21ClN4O3/c1-14(24-20(28)15-7-3-2-4-8-15)22(29)27-12-6-11-18(27)21-25-19(26-30-21)16-9-5-10-17(23)13-16/h2-5,7-10,13-14,18H,6,11-12H2,1H3,(H,24,28). The van der Waals surface area contributed by atoms with Crippen molar-refractivity contribution in [1.82, 2.24) is 20.4 Å². The first kappa shape index (κ1) is 20.1. The minimum atomic E-state index is -0.673. The number of benzene rings is 2. The maximum Gasteiger partial charge on any atom is 0.251 e. The van der Waals surface area contributed by atoms with Crippen molar-refractivity contribution in [2.75, 3.05) is 6.54 Å². The van der Waals surface area contributed by atoms with Gasteiger partial charge in [0, 0.05) is 22.7 Å². The van der Waals surface area contributed by atoms with E-state index in [0.717, 1.165) is 18.4 Å². The topological polar surface area (TPSA) is 88.3 Å². The van der Waals surface area contributed by atoms with Crippen LogP contribution in [-0.4, -0.2) is 39.4 Å². The number of halogens is 1. The van der Waals surface area contributed by atoms with Crippen LogP contribution < -0.4 is 5.32 Å². The van der Waals surface area contributed by atoms with E-state index in [4.69, 9.17) is 16.1 Å². The van der Waals surface area contributed by atoms with Gasteiger partial charge in [0.1, 0.15) is 12.1 Å². The molecule has 2 atom stereocenters. The number of carbonyl (C=O) groups is 2. The van der Waals surface area contributed by atoms with E-state index in [-0.39, 0.29) is 17.9 Å². The van der Waals surface area contributed by atoms with Gasteiger partial charge in [-0.1, -0.05) is 47.1 Å². The summed E-state index contributed by atoms with van der Waals surface area (Å²) in [5.74, 6) is 0.354. The van der Waals surface area contributed by atoms with Crippen molar-refractivity contribution in [3.8, 4) is 11.4 Å². The van der Waals surface area contributed by atoms with Crippen LogP contribution in [0, 0.1) is 0 Å². The first-order chi connectivity index (χ1) is 14.5. The van der Waals surface area contributed by atoms with Gasteiger partial charge in [0.2, 0.25) is 17.6 Å². The van der Waals surface area contributed by atoms with Crippen LogP contribution in [0.2, 0.25) is 5.02 Å². The Balaban J connectivity index is 1.47. The molecule has 8 heteroatoms. The van der Waals surface area contributed by atoms with Gasteiger partial charge in [-0.3, -0.25) is 9.59 Å². The van der Waals surface area contributed by atoms with Crippen LogP contribution >= 0.6 is 11.6 Å². The Morgan fingerprint density at radius 2 is 2.00 bits per heavy atom. The minimum absolute atomic E-state index is 0.177. The molecule has 1 aromatic heterocycles. The zero-order valence-electron chi connectivity index (χ0n) is 16.4. The average Bonchev–Trinajstić information content (AvgIpc) is 3.43. The lowest BCUT2D eigenvalue weighted by atomic mass is 10.1. The van der Waals surface area contributed by atoms with E-state index in [1.807, 2.05) is 18.2 Å². The Labute approximate surface area is 179 Å². The van der Waals surface area contributed by atoms with Crippen molar-refractivity contribution in [3.05, 3.63) is 71.1 Å². The van der Waals surface area contributed by atoms with Crippen LogP contribution in [0.15, 0.2) is 59.1 Å². The fourth-order valence-electron chi connectivity index (χ4n) is 3.58. The third-order valence-electron chi connectivity index (χ3n) is 5.10. The van der Waals surface area contributed by atoms with Crippen molar-refractivity contribution in [1.29, 1.82) is 0 Å². The fraction of sp³-hybridized carbons (Fsp3) is 0.273. The monoisotopic (exact) mass is 424 g/mol.